The Balaban J connectivity index is 1.16. The third-order valence-corrected chi connectivity index (χ3v) is 13.0. The minimum atomic E-state index is 1.11. The van der Waals surface area contributed by atoms with Crippen molar-refractivity contribution in [3.05, 3.63) is 181 Å². The third-order valence-electron chi connectivity index (χ3n) is 13.0. The highest BCUT2D eigenvalue weighted by Crippen LogP contribution is 2.37. The topological polar surface area (TPSA) is 0 Å². The predicted molar refractivity (Wildman–Crippen MR) is 272 cm³/mol. The minimum Gasteiger partial charge on any atom is -0.0654 e. The van der Waals surface area contributed by atoms with Crippen molar-refractivity contribution in [1.29, 1.82) is 0 Å². The lowest BCUT2D eigenvalue weighted by Gasteiger charge is -2.19. The molecule has 0 aliphatic rings. The highest BCUT2D eigenvalue weighted by molar-refractivity contribution is 5.80. The van der Waals surface area contributed by atoms with Gasteiger partial charge in [0.25, 0.3) is 0 Å². The number of benzene rings is 7. The van der Waals surface area contributed by atoms with Crippen molar-refractivity contribution in [2.24, 2.45) is 0 Å². The van der Waals surface area contributed by atoms with Gasteiger partial charge in [-0.1, -0.05) is 274 Å². The number of hydrogen-bond donors (Lipinski definition) is 0. The van der Waals surface area contributed by atoms with Crippen LogP contribution in [0.15, 0.2) is 170 Å². The molecule has 0 saturated carbocycles. The summed E-state index contributed by atoms with van der Waals surface area (Å²) < 4.78 is 0. The summed E-state index contributed by atoms with van der Waals surface area (Å²) >= 11 is 0. The van der Waals surface area contributed by atoms with E-state index in [2.05, 4.69) is 184 Å². The summed E-state index contributed by atoms with van der Waals surface area (Å²) in [6.07, 6.45) is 23.6. The average Bonchev–Trinajstić information content (AvgIpc) is 3.34. The van der Waals surface area contributed by atoms with Gasteiger partial charge in [-0.05, 0) is 104 Å². The molecule has 0 aliphatic carbocycles. The maximum absolute atomic E-state index is 2.59. The Morgan fingerprint density at radius 1 is 0.226 bits per heavy atom. The summed E-state index contributed by atoms with van der Waals surface area (Å²) in [7, 11) is 0. The van der Waals surface area contributed by atoms with Gasteiger partial charge in [0.05, 0.1) is 0 Å². The molecule has 0 fully saturated rings. The van der Waals surface area contributed by atoms with Crippen LogP contribution in [0.5, 0.6) is 0 Å². The van der Waals surface area contributed by atoms with Crippen LogP contribution in [0.25, 0.3) is 66.8 Å². The molecule has 0 unspecified atom stereocenters. The standard InChI is InChI=1S/C62H70/c1-3-5-7-9-11-13-15-19-29-59-47-62(58-45-41-56(42-46-58)54-37-33-52(34-38-54)50-27-23-18-24-28-50)60(30-20-16-14-12-10-8-6-4-2)48-61(59)57-43-39-55(40-44-57)53-35-31-51(32-36-53)49-25-21-17-22-26-49/h17-18,21-28,31-48H,3-16,19-20,29-30H2,1-2H3. The van der Waals surface area contributed by atoms with Crippen molar-refractivity contribution >= 4 is 0 Å². The Kier molecular flexibility index (Phi) is 17.4. The Labute approximate surface area is 375 Å². The van der Waals surface area contributed by atoms with E-state index >= 15 is 0 Å². The number of rotatable bonds is 24. The van der Waals surface area contributed by atoms with Gasteiger partial charge >= 0.3 is 0 Å². The van der Waals surface area contributed by atoms with E-state index in [0.717, 1.165) is 12.8 Å². The lowest BCUT2D eigenvalue weighted by Crippen LogP contribution is -1.99. The van der Waals surface area contributed by atoms with Crippen molar-refractivity contribution in [2.45, 2.75) is 129 Å². The number of unbranched alkanes of at least 4 members (excludes halogenated alkanes) is 14. The van der Waals surface area contributed by atoms with Crippen molar-refractivity contribution in [1.82, 2.24) is 0 Å². The molecule has 0 amide bonds. The maximum atomic E-state index is 2.59. The fraction of sp³-hybridized carbons (Fsp3) is 0.323. The van der Waals surface area contributed by atoms with Gasteiger partial charge in [-0.2, -0.15) is 0 Å². The largest absolute Gasteiger partial charge is 0.0654 e. The molecule has 0 spiro atoms. The number of hydrogen-bond acceptors (Lipinski definition) is 0. The Morgan fingerprint density at radius 2 is 0.452 bits per heavy atom. The van der Waals surface area contributed by atoms with Crippen LogP contribution in [0.1, 0.15) is 128 Å². The molecule has 0 heteroatoms. The normalized spacial score (nSPS) is 11.3. The average molecular weight is 815 g/mol. The second-order valence-corrected chi connectivity index (χ2v) is 17.7. The predicted octanol–water partition coefficient (Wildman–Crippen LogP) is 19.1. The first kappa shape index (κ1) is 44.6. The second-order valence-electron chi connectivity index (χ2n) is 17.7. The van der Waals surface area contributed by atoms with E-state index in [1.54, 1.807) is 0 Å². The molecule has 0 heterocycles. The summed E-state index contributed by atoms with van der Waals surface area (Å²) in [4.78, 5) is 0. The quantitative estimate of drug-likeness (QED) is 0.0533. The molecule has 0 aliphatic heterocycles. The van der Waals surface area contributed by atoms with Gasteiger partial charge in [0.15, 0.2) is 0 Å². The maximum Gasteiger partial charge on any atom is -0.0149 e. The molecule has 0 bridgehead atoms. The summed E-state index contributed by atoms with van der Waals surface area (Å²) in [6.45, 7) is 4.62. The van der Waals surface area contributed by atoms with E-state index in [9.17, 15) is 0 Å². The molecule has 0 N–H and O–H groups in total. The van der Waals surface area contributed by atoms with Gasteiger partial charge < -0.3 is 0 Å². The van der Waals surface area contributed by atoms with Gasteiger partial charge in [0, 0.05) is 0 Å². The van der Waals surface area contributed by atoms with Crippen LogP contribution >= 0.6 is 0 Å². The zero-order valence-electron chi connectivity index (χ0n) is 37.9. The zero-order chi connectivity index (χ0) is 42.6. The summed E-state index contributed by atoms with van der Waals surface area (Å²) in [5.74, 6) is 0. The van der Waals surface area contributed by atoms with Gasteiger partial charge in [-0.15, -0.1) is 0 Å². The van der Waals surface area contributed by atoms with Crippen LogP contribution in [-0.4, -0.2) is 0 Å². The van der Waals surface area contributed by atoms with Gasteiger partial charge in [0.1, 0.15) is 0 Å². The molecule has 62 heavy (non-hydrogen) atoms. The van der Waals surface area contributed by atoms with Gasteiger partial charge in [-0.3, -0.25) is 0 Å². The summed E-state index contributed by atoms with van der Waals surface area (Å²) in [5, 5.41) is 0. The molecule has 0 radical (unpaired) electrons. The highest BCUT2D eigenvalue weighted by atomic mass is 14.2. The third kappa shape index (κ3) is 12.8. The van der Waals surface area contributed by atoms with E-state index in [1.807, 2.05) is 0 Å². The van der Waals surface area contributed by atoms with E-state index < -0.39 is 0 Å². The van der Waals surface area contributed by atoms with Crippen molar-refractivity contribution in [2.75, 3.05) is 0 Å². The van der Waals surface area contributed by atoms with Crippen LogP contribution in [0.4, 0.5) is 0 Å². The Bertz CT molecular complexity index is 2140. The molecule has 0 nitrogen and oxygen atoms in total. The molecule has 0 saturated heterocycles. The lowest BCUT2D eigenvalue weighted by atomic mass is 9.86. The SMILES string of the molecule is CCCCCCCCCCc1cc(-c2ccc(-c3ccc(-c4ccccc4)cc3)cc2)c(CCCCCCCCCC)cc1-c1ccc(-c2ccc(-c3ccccc3)cc2)cc1. The molecule has 0 aromatic heterocycles. The highest BCUT2D eigenvalue weighted by Gasteiger charge is 2.15. The molecule has 7 rings (SSSR count). The molecule has 7 aromatic carbocycles. The second kappa shape index (κ2) is 24.2. The first-order valence-corrected chi connectivity index (χ1v) is 24.4. The van der Waals surface area contributed by atoms with Crippen molar-refractivity contribution < 1.29 is 0 Å². The Hall–Kier alpha value is -5.46. The van der Waals surface area contributed by atoms with Crippen LogP contribution in [0.2, 0.25) is 0 Å². The van der Waals surface area contributed by atoms with Crippen LogP contribution < -0.4 is 0 Å². The van der Waals surface area contributed by atoms with E-state index in [-0.39, 0.29) is 0 Å². The van der Waals surface area contributed by atoms with E-state index in [1.165, 1.54) is 181 Å². The minimum absolute atomic E-state index is 1.11. The number of aryl methyl sites for hydroxylation is 2. The smallest absolute Gasteiger partial charge is 0.0149 e. The zero-order valence-corrected chi connectivity index (χ0v) is 37.9. The fourth-order valence-electron chi connectivity index (χ4n) is 9.20. The molecular formula is C62H70. The van der Waals surface area contributed by atoms with Crippen molar-refractivity contribution in [3.63, 3.8) is 0 Å². The fourth-order valence-corrected chi connectivity index (χ4v) is 9.20. The van der Waals surface area contributed by atoms with Crippen LogP contribution in [-0.2, 0) is 12.8 Å². The molecule has 7 aromatic rings. The van der Waals surface area contributed by atoms with E-state index in [0.29, 0.717) is 0 Å². The monoisotopic (exact) mass is 815 g/mol. The molecule has 318 valence electrons. The summed E-state index contributed by atoms with van der Waals surface area (Å²) in [5.41, 5.74) is 18.6. The Morgan fingerprint density at radius 3 is 0.726 bits per heavy atom. The van der Waals surface area contributed by atoms with Gasteiger partial charge in [0.2, 0.25) is 0 Å². The summed E-state index contributed by atoms with van der Waals surface area (Å²) in [6, 6.07) is 63.5. The lowest BCUT2D eigenvalue weighted by molar-refractivity contribution is 0.575. The first-order chi connectivity index (χ1) is 30.7. The van der Waals surface area contributed by atoms with Crippen LogP contribution in [0, 0.1) is 0 Å². The van der Waals surface area contributed by atoms with Gasteiger partial charge in [-0.25, -0.2) is 0 Å². The molecular weight excluding hydrogens is 745 g/mol. The first-order valence-electron chi connectivity index (χ1n) is 24.4. The van der Waals surface area contributed by atoms with Crippen LogP contribution in [0.3, 0.4) is 0 Å². The van der Waals surface area contributed by atoms with Crippen molar-refractivity contribution in [3.8, 4) is 66.8 Å². The van der Waals surface area contributed by atoms with E-state index in [4.69, 9.17) is 0 Å². The molecule has 0 atom stereocenters.